The third kappa shape index (κ3) is 5.70. The van der Waals surface area contributed by atoms with Crippen molar-refractivity contribution in [2.24, 2.45) is 0 Å². The van der Waals surface area contributed by atoms with Crippen molar-refractivity contribution in [3.8, 4) is 11.5 Å². The summed E-state index contributed by atoms with van der Waals surface area (Å²) in [6, 6.07) is 8.60. The van der Waals surface area contributed by atoms with E-state index in [4.69, 9.17) is 18.4 Å². The monoisotopic (exact) mass is 474 g/mol. The summed E-state index contributed by atoms with van der Waals surface area (Å²) in [4.78, 5) is 0. The molecule has 2 aliphatic rings. The van der Waals surface area contributed by atoms with E-state index < -0.39 is 22.7 Å². The summed E-state index contributed by atoms with van der Waals surface area (Å²) in [5.41, 5.74) is 6.49. The van der Waals surface area contributed by atoms with Gasteiger partial charge in [-0.3, -0.25) is 8.92 Å². The van der Waals surface area contributed by atoms with E-state index in [2.05, 4.69) is 38.1 Å². The Labute approximate surface area is 197 Å². The predicted octanol–water partition coefficient (Wildman–Crippen LogP) is 5.83. The molecule has 33 heavy (non-hydrogen) atoms. The van der Waals surface area contributed by atoms with Crippen LogP contribution in [0, 0.1) is 13.8 Å². The number of benzene rings is 2. The van der Waals surface area contributed by atoms with E-state index in [0.717, 1.165) is 64.8 Å². The average Bonchev–Trinajstić information content (AvgIpc) is 2.75. The van der Waals surface area contributed by atoms with E-state index >= 15 is 0 Å². The molecule has 0 spiro atoms. The second-order valence-electron chi connectivity index (χ2n) is 9.14. The molecule has 2 heterocycles. The van der Waals surface area contributed by atoms with Crippen LogP contribution in [0.2, 0.25) is 0 Å². The molecule has 0 amide bonds. The molecular formula is C26H34O6S. The molecule has 0 N–H and O–H groups in total. The molecule has 4 rings (SSSR count). The Kier molecular flexibility index (Phi) is 7.31. The van der Waals surface area contributed by atoms with Gasteiger partial charge in [0.15, 0.2) is 0 Å². The lowest BCUT2D eigenvalue weighted by Crippen LogP contribution is -2.31. The zero-order valence-electron chi connectivity index (χ0n) is 20.0. The zero-order chi connectivity index (χ0) is 23.6. The van der Waals surface area contributed by atoms with E-state index in [1.165, 1.54) is 24.8 Å². The highest BCUT2D eigenvalue weighted by Gasteiger charge is 2.39. The number of hydrogen-bond donors (Lipinski definition) is 0. The fourth-order valence-corrected chi connectivity index (χ4v) is 5.01. The molecule has 2 unspecified atom stereocenters. The second kappa shape index (κ2) is 10.0. The quantitative estimate of drug-likeness (QED) is 0.318. The molecule has 6 nitrogen and oxygen atoms in total. The van der Waals surface area contributed by atoms with E-state index in [1.807, 2.05) is 6.92 Å². The number of aryl methyl sites for hydroxylation is 4. The van der Waals surface area contributed by atoms with Crippen LogP contribution in [0.3, 0.4) is 0 Å². The van der Waals surface area contributed by atoms with Crippen LogP contribution in [0.5, 0.6) is 11.5 Å². The van der Waals surface area contributed by atoms with Crippen molar-refractivity contribution in [1.82, 2.24) is 0 Å². The number of hydrogen-bond acceptors (Lipinski definition) is 6. The Balaban J connectivity index is 1.49. The topological polar surface area (TPSA) is 71.1 Å². The molecule has 2 atom stereocenters. The van der Waals surface area contributed by atoms with Crippen LogP contribution in [-0.2, 0) is 31.9 Å². The van der Waals surface area contributed by atoms with Gasteiger partial charge in [-0.25, -0.2) is 0 Å². The highest BCUT2D eigenvalue weighted by atomic mass is 32.2. The van der Waals surface area contributed by atoms with Crippen molar-refractivity contribution in [3.63, 3.8) is 0 Å². The van der Waals surface area contributed by atoms with Crippen LogP contribution < -0.4 is 9.47 Å². The van der Waals surface area contributed by atoms with Gasteiger partial charge in [-0.2, -0.15) is 8.42 Å². The maximum Gasteiger partial charge on any atom is 0.264 e. The SMILES string of the molecule is CCCCCc1cc(C)c2c(c1)C1Oc3c(C)cc(CCCCOS(C)(=O)=O)cc3C(O2)O1. The lowest BCUT2D eigenvalue weighted by Gasteiger charge is -2.39. The lowest BCUT2D eigenvalue weighted by atomic mass is 9.96. The van der Waals surface area contributed by atoms with Gasteiger partial charge in [-0.05, 0) is 80.3 Å². The summed E-state index contributed by atoms with van der Waals surface area (Å²) in [5, 5.41) is 0. The molecule has 0 radical (unpaired) electrons. The largest absolute Gasteiger partial charge is 0.459 e. The third-order valence-electron chi connectivity index (χ3n) is 6.16. The van der Waals surface area contributed by atoms with E-state index in [-0.39, 0.29) is 6.61 Å². The standard InChI is InChI=1S/C26H34O6S/c1-5-6-7-10-19-13-17(2)23-21(15-19)25-31-24-18(3)14-20(16-22(24)26(30-23)32-25)11-8-9-12-29-33(4,27)28/h13-16,25-26H,5-12H2,1-4H3. The fraction of sp³-hybridized carbons (Fsp3) is 0.538. The fourth-order valence-electron chi connectivity index (χ4n) is 4.59. The zero-order valence-corrected chi connectivity index (χ0v) is 20.8. The number of ether oxygens (including phenoxy) is 3. The van der Waals surface area contributed by atoms with E-state index in [0.29, 0.717) is 6.42 Å². The first-order valence-electron chi connectivity index (χ1n) is 11.8. The summed E-state index contributed by atoms with van der Waals surface area (Å²) >= 11 is 0. The lowest BCUT2D eigenvalue weighted by molar-refractivity contribution is -0.228. The summed E-state index contributed by atoms with van der Waals surface area (Å²) in [6.07, 6.45) is 7.08. The molecule has 2 bridgehead atoms. The first-order chi connectivity index (χ1) is 15.7. The summed E-state index contributed by atoms with van der Waals surface area (Å²) in [5.74, 6) is 1.70. The minimum absolute atomic E-state index is 0.207. The molecule has 0 saturated heterocycles. The number of fused-ring (bicyclic) bond motifs is 6. The molecule has 0 saturated carbocycles. The maximum absolute atomic E-state index is 11.1. The Morgan fingerprint density at radius 2 is 1.33 bits per heavy atom. The van der Waals surface area contributed by atoms with Gasteiger partial charge in [0.25, 0.3) is 10.1 Å². The Morgan fingerprint density at radius 3 is 1.82 bits per heavy atom. The van der Waals surface area contributed by atoms with Gasteiger partial charge in [0, 0.05) is 0 Å². The van der Waals surface area contributed by atoms with Crippen molar-refractivity contribution in [3.05, 3.63) is 57.6 Å². The molecule has 0 aliphatic carbocycles. The molecule has 180 valence electrons. The van der Waals surface area contributed by atoms with Gasteiger partial charge in [0.1, 0.15) is 11.5 Å². The van der Waals surface area contributed by atoms with Crippen molar-refractivity contribution in [2.45, 2.75) is 78.3 Å². The summed E-state index contributed by atoms with van der Waals surface area (Å²) in [6.45, 7) is 6.56. The van der Waals surface area contributed by atoms with Crippen molar-refractivity contribution < 1.29 is 26.8 Å². The number of rotatable bonds is 10. The molecule has 7 heteroatoms. The summed E-state index contributed by atoms with van der Waals surface area (Å²) in [7, 11) is -3.38. The molecule has 2 aromatic carbocycles. The van der Waals surface area contributed by atoms with Gasteiger partial charge in [0.2, 0.25) is 12.6 Å². The maximum atomic E-state index is 11.1. The molecule has 0 aromatic heterocycles. The van der Waals surface area contributed by atoms with E-state index in [1.54, 1.807) is 0 Å². The average molecular weight is 475 g/mol. The minimum Gasteiger partial charge on any atom is -0.459 e. The van der Waals surface area contributed by atoms with Crippen LogP contribution in [0.25, 0.3) is 0 Å². The molecule has 0 fully saturated rings. The Bertz CT molecular complexity index is 1110. The predicted molar refractivity (Wildman–Crippen MR) is 127 cm³/mol. The highest BCUT2D eigenvalue weighted by Crippen LogP contribution is 2.50. The van der Waals surface area contributed by atoms with Crippen molar-refractivity contribution in [2.75, 3.05) is 12.9 Å². The van der Waals surface area contributed by atoms with Gasteiger partial charge in [-0.1, -0.05) is 31.9 Å². The molecular weight excluding hydrogens is 440 g/mol. The third-order valence-corrected chi connectivity index (χ3v) is 6.75. The smallest absolute Gasteiger partial charge is 0.264 e. The van der Waals surface area contributed by atoms with Crippen LogP contribution in [0.15, 0.2) is 24.3 Å². The minimum atomic E-state index is -3.38. The summed E-state index contributed by atoms with van der Waals surface area (Å²) < 4.78 is 45.9. The van der Waals surface area contributed by atoms with Crippen LogP contribution >= 0.6 is 0 Å². The number of unbranched alkanes of at least 4 members (excludes halogenated alkanes) is 3. The van der Waals surface area contributed by atoms with Gasteiger partial charge < -0.3 is 9.47 Å². The van der Waals surface area contributed by atoms with Crippen LogP contribution in [-0.4, -0.2) is 21.3 Å². The molecule has 2 aromatic rings. The van der Waals surface area contributed by atoms with Crippen molar-refractivity contribution >= 4 is 10.1 Å². The van der Waals surface area contributed by atoms with Gasteiger partial charge in [0.05, 0.1) is 24.0 Å². The van der Waals surface area contributed by atoms with Crippen LogP contribution in [0.1, 0.15) is 85.0 Å². The first-order valence-corrected chi connectivity index (χ1v) is 13.7. The van der Waals surface area contributed by atoms with Crippen LogP contribution in [0.4, 0.5) is 0 Å². The normalized spacial score (nSPS) is 18.8. The Hall–Kier alpha value is -2.09. The first kappa shape index (κ1) is 24.0. The van der Waals surface area contributed by atoms with Gasteiger partial charge in [-0.15, -0.1) is 0 Å². The highest BCUT2D eigenvalue weighted by molar-refractivity contribution is 7.85. The van der Waals surface area contributed by atoms with Crippen molar-refractivity contribution in [1.29, 1.82) is 0 Å². The van der Waals surface area contributed by atoms with Gasteiger partial charge >= 0.3 is 0 Å². The Morgan fingerprint density at radius 1 is 0.818 bits per heavy atom. The van der Waals surface area contributed by atoms with E-state index in [9.17, 15) is 8.42 Å². The molecule has 2 aliphatic heterocycles. The second-order valence-corrected chi connectivity index (χ2v) is 10.8.